The van der Waals surface area contributed by atoms with E-state index in [1.165, 1.54) is 17.4 Å². The first-order valence-corrected chi connectivity index (χ1v) is 10.6. The van der Waals surface area contributed by atoms with Crippen molar-refractivity contribution in [2.75, 3.05) is 44.3 Å². The molecule has 0 atom stereocenters. The summed E-state index contributed by atoms with van der Waals surface area (Å²) < 4.78 is 22.0. The summed E-state index contributed by atoms with van der Waals surface area (Å²) in [6.45, 7) is 8.18. The van der Waals surface area contributed by atoms with E-state index in [0.29, 0.717) is 42.6 Å². The number of morpholine rings is 1. The van der Waals surface area contributed by atoms with E-state index in [0.717, 1.165) is 17.8 Å². The average molecular weight is 418 g/mol. The molecule has 9 heteroatoms. The molecule has 1 amide bonds. The Morgan fingerprint density at radius 1 is 1.31 bits per heavy atom. The maximum absolute atomic E-state index is 14.2. The van der Waals surface area contributed by atoms with Crippen LogP contribution in [0.3, 0.4) is 0 Å². The largest absolute Gasteiger partial charge is 0.379 e. The number of fused-ring (bicyclic) bond motifs is 1. The van der Waals surface area contributed by atoms with Gasteiger partial charge in [0.2, 0.25) is 0 Å². The van der Waals surface area contributed by atoms with Gasteiger partial charge in [0.05, 0.1) is 17.9 Å². The molecule has 0 N–H and O–H groups in total. The summed E-state index contributed by atoms with van der Waals surface area (Å²) in [6.07, 6.45) is 1.63. The molecule has 2 aromatic heterocycles. The van der Waals surface area contributed by atoms with Crippen molar-refractivity contribution in [2.24, 2.45) is 0 Å². The number of anilines is 1. The minimum Gasteiger partial charge on any atom is -0.379 e. The zero-order chi connectivity index (χ0) is 20.4. The van der Waals surface area contributed by atoms with E-state index in [4.69, 9.17) is 4.74 Å². The first kappa shape index (κ1) is 19.9. The maximum atomic E-state index is 14.2. The maximum Gasteiger partial charge on any atom is 0.278 e. The minimum atomic E-state index is -0.377. The SMILES string of the molecule is CC(C)n1nccc1C(=O)N(CCN1CCOCC1)c1nc2c(F)cccc2s1. The first-order chi connectivity index (χ1) is 14.0. The summed E-state index contributed by atoms with van der Waals surface area (Å²) in [5.41, 5.74) is 0.802. The third kappa shape index (κ3) is 4.17. The Bertz CT molecular complexity index is 996. The van der Waals surface area contributed by atoms with Gasteiger partial charge in [-0.15, -0.1) is 0 Å². The highest BCUT2D eigenvalue weighted by molar-refractivity contribution is 7.22. The lowest BCUT2D eigenvalue weighted by atomic mass is 10.3. The zero-order valence-corrected chi connectivity index (χ0v) is 17.4. The third-order valence-corrected chi connectivity index (χ3v) is 6.00. The van der Waals surface area contributed by atoms with Gasteiger partial charge in [-0.05, 0) is 32.0 Å². The second kappa shape index (κ2) is 8.56. The fourth-order valence-electron chi connectivity index (χ4n) is 3.40. The van der Waals surface area contributed by atoms with Crippen LogP contribution in [0.4, 0.5) is 9.52 Å². The second-order valence-electron chi connectivity index (χ2n) is 7.25. The molecule has 1 fully saturated rings. The number of carbonyl (C=O) groups is 1. The highest BCUT2D eigenvalue weighted by atomic mass is 32.1. The van der Waals surface area contributed by atoms with E-state index in [1.54, 1.807) is 27.9 Å². The summed E-state index contributed by atoms with van der Waals surface area (Å²) in [7, 11) is 0. The zero-order valence-electron chi connectivity index (χ0n) is 16.5. The van der Waals surface area contributed by atoms with Gasteiger partial charge in [-0.25, -0.2) is 9.37 Å². The topological polar surface area (TPSA) is 63.5 Å². The molecule has 29 heavy (non-hydrogen) atoms. The Labute approximate surface area is 172 Å². The highest BCUT2D eigenvalue weighted by Crippen LogP contribution is 2.31. The summed E-state index contributed by atoms with van der Waals surface area (Å²) in [5, 5.41) is 4.78. The van der Waals surface area contributed by atoms with Crippen LogP contribution in [0.2, 0.25) is 0 Å². The Hall–Kier alpha value is -2.36. The fourth-order valence-corrected chi connectivity index (χ4v) is 4.41. The van der Waals surface area contributed by atoms with Crippen molar-refractivity contribution < 1.29 is 13.9 Å². The van der Waals surface area contributed by atoms with Gasteiger partial charge in [0.15, 0.2) is 5.13 Å². The average Bonchev–Trinajstić information content (AvgIpc) is 3.37. The van der Waals surface area contributed by atoms with E-state index in [9.17, 15) is 9.18 Å². The number of halogens is 1. The van der Waals surface area contributed by atoms with Gasteiger partial charge < -0.3 is 4.74 Å². The predicted octanol–water partition coefficient (Wildman–Crippen LogP) is 3.19. The summed E-state index contributed by atoms with van der Waals surface area (Å²) in [5.74, 6) is -0.554. The molecule has 0 spiro atoms. The molecule has 3 heterocycles. The molecular formula is C20H24FN5O2S. The molecule has 0 saturated carbocycles. The number of hydrogen-bond donors (Lipinski definition) is 0. The van der Waals surface area contributed by atoms with Crippen LogP contribution in [0.25, 0.3) is 10.2 Å². The number of para-hydroxylation sites is 1. The lowest BCUT2D eigenvalue weighted by Gasteiger charge is -2.29. The monoisotopic (exact) mass is 417 g/mol. The number of carbonyl (C=O) groups excluding carboxylic acids is 1. The molecule has 0 unspecified atom stereocenters. The van der Waals surface area contributed by atoms with Crippen LogP contribution >= 0.6 is 11.3 Å². The second-order valence-corrected chi connectivity index (χ2v) is 8.26. The van der Waals surface area contributed by atoms with Gasteiger partial charge >= 0.3 is 0 Å². The molecule has 1 aliphatic rings. The summed E-state index contributed by atoms with van der Waals surface area (Å²) in [4.78, 5) is 21.8. The number of nitrogens with zero attached hydrogens (tertiary/aromatic N) is 5. The molecular weight excluding hydrogens is 393 g/mol. The van der Waals surface area contributed by atoms with Crippen LogP contribution in [0.5, 0.6) is 0 Å². The van der Waals surface area contributed by atoms with E-state index in [-0.39, 0.29) is 17.8 Å². The van der Waals surface area contributed by atoms with Crippen molar-refractivity contribution >= 4 is 32.6 Å². The van der Waals surface area contributed by atoms with Crippen LogP contribution in [-0.2, 0) is 4.74 Å². The van der Waals surface area contributed by atoms with Crippen molar-refractivity contribution in [2.45, 2.75) is 19.9 Å². The number of thiazole rings is 1. The Balaban J connectivity index is 1.66. The molecule has 4 rings (SSSR count). The van der Waals surface area contributed by atoms with Crippen LogP contribution < -0.4 is 4.90 Å². The summed E-state index contributed by atoms with van der Waals surface area (Å²) >= 11 is 1.33. The number of benzene rings is 1. The minimum absolute atomic E-state index is 0.0536. The molecule has 0 bridgehead atoms. The van der Waals surface area contributed by atoms with Gasteiger partial charge in [0.1, 0.15) is 17.0 Å². The Kier molecular flexibility index (Phi) is 5.89. The molecule has 0 aliphatic carbocycles. The van der Waals surface area contributed by atoms with Gasteiger partial charge in [-0.1, -0.05) is 17.4 Å². The van der Waals surface area contributed by atoms with Crippen LogP contribution in [0.1, 0.15) is 30.4 Å². The predicted molar refractivity (Wildman–Crippen MR) is 111 cm³/mol. The van der Waals surface area contributed by atoms with Crippen molar-refractivity contribution in [3.63, 3.8) is 0 Å². The van der Waals surface area contributed by atoms with Gasteiger partial charge in [0, 0.05) is 38.4 Å². The van der Waals surface area contributed by atoms with E-state index >= 15 is 0 Å². The fraction of sp³-hybridized carbons (Fsp3) is 0.450. The quantitative estimate of drug-likeness (QED) is 0.616. The Morgan fingerprint density at radius 2 is 2.10 bits per heavy atom. The van der Waals surface area contributed by atoms with E-state index in [2.05, 4.69) is 15.0 Å². The summed E-state index contributed by atoms with van der Waals surface area (Å²) in [6, 6.07) is 6.64. The normalized spacial score (nSPS) is 15.3. The lowest BCUT2D eigenvalue weighted by Crippen LogP contribution is -2.43. The van der Waals surface area contributed by atoms with Crippen molar-refractivity contribution in [3.05, 3.63) is 42.0 Å². The van der Waals surface area contributed by atoms with Gasteiger partial charge in [0.25, 0.3) is 5.91 Å². The number of aromatic nitrogens is 3. The molecule has 3 aromatic rings. The Morgan fingerprint density at radius 3 is 2.83 bits per heavy atom. The van der Waals surface area contributed by atoms with Gasteiger partial charge in [-0.3, -0.25) is 19.3 Å². The number of hydrogen-bond acceptors (Lipinski definition) is 6. The standard InChI is InChI=1S/C20H24FN5O2S/c1-14(2)26-16(6-7-22-26)19(27)25(9-8-24-10-12-28-13-11-24)20-23-18-15(21)4-3-5-17(18)29-20/h3-7,14H,8-13H2,1-2H3. The third-order valence-electron chi connectivity index (χ3n) is 4.96. The van der Waals surface area contributed by atoms with Crippen molar-refractivity contribution in [1.82, 2.24) is 19.7 Å². The molecule has 1 aliphatic heterocycles. The van der Waals surface area contributed by atoms with Gasteiger partial charge in [-0.2, -0.15) is 5.10 Å². The highest BCUT2D eigenvalue weighted by Gasteiger charge is 2.26. The van der Waals surface area contributed by atoms with Crippen LogP contribution in [0, 0.1) is 5.82 Å². The molecule has 0 radical (unpaired) electrons. The molecule has 154 valence electrons. The van der Waals surface area contributed by atoms with Crippen molar-refractivity contribution in [1.29, 1.82) is 0 Å². The molecule has 1 saturated heterocycles. The van der Waals surface area contributed by atoms with Crippen LogP contribution in [0.15, 0.2) is 30.5 Å². The smallest absolute Gasteiger partial charge is 0.278 e. The van der Waals surface area contributed by atoms with Crippen molar-refractivity contribution in [3.8, 4) is 0 Å². The van der Waals surface area contributed by atoms with Crippen LogP contribution in [-0.4, -0.2) is 65.0 Å². The first-order valence-electron chi connectivity index (χ1n) is 9.75. The van der Waals surface area contributed by atoms with E-state index < -0.39 is 0 Å². The molecule has 7 nitrogen and oxygen atoms in total. The number of ether oxygens (including phenoxy) is 1. The van der Waals surface area contributed by atoms with E-state index in [1.807, 2.05) is 19.9 Å². The molecule has 1 aromatic carbocycles. The number of amides is 1. The lowest BCUT2D eigenvalue weighted by molar-refractivity contribution is 0.0391. The number of rotatable bonds is 6.